The van der Waals surface area contributed by atoms with Crippen LogP contribution in [-0.2, 0) is 26.0 Å². The summed E-state index contributed by atoms with van der Waals surface area (Å²) in [7, 11) is -3.91. The Balaban J connectivity index is 1.72. The summed E-state index contributed by atoms with van der Waals surface area (Å²) in [5.74, 6) is -0.412. The van der Waals surface area contributed by atoms with Crippen molar-refractivity contribution in [3.8, 4) is 0 Å². The molecule has 27 heavy (non-hydrogen) atoms. The monoisotopic (exact) mass is 402 g/mol. The molecule has 6 nitrogen and oxygen atoms in total. The van der Waals surface area contributed by atoms with Crippen LogP contribution in [-0.4, -0.2) is 30.3 Å². The second-order valence-corrected chi connectivity index (χ2v) is 9.40. The second kappa shape index (κ2) is 7.01. The van der Waals surface area contributed by atoms with E-state index in [4.69, 9.17) is 4.74 Å². The Kier molecular flexibility index (Phi) is 4.69. The van der Waals surface area contributed by atoms with Gasteiger partial charge in [0.25, 0.3) is 0 Å². The first-order valence-electron chi connectivity index (χ1n) is 8.63. The Morgan fingerprint density at radius 1 is 1.26 bits per heavy atom. The van der Waals surface area contributed by atoms with Gasteiger partial charge in [-0.3, -0.25) is 9.79 Å². The zero-order chi connectivity index (χ0) is 18.9. The third kappa shape index (κ3) is 3.12. The standard InChI is InChI=1S/C19H18N2O4S2/c22-18-8-4-7-17(18)19(27(23,24)16-5-2-1-3-6-16)9-15(10-21-19)25-11-14-12-26-13-20-14/h1-3,5-6,9-10,12-13,17H,4,7-8,11H2. The number of carbonyl (C=O) groups excluding carboxylic acids is 1. The molecule has 1 saturated carbocycles. The Morgan fingerprint density at radius 2 is 2.07 bits per heavy atom. The molecule has 0 spiro atoms. The minimum absolute atomic E-state index is 0.0661. The van der Waals surface area contributed by atoms with Crippen LogP contribution >= 0.6 is 11.3 Å². The van der Waals surface area contributed by atoms with Crippen LogP contribution in [0, 0.1) is 5.92 Å². The number of ether oxygens (including phenoxy) is 1. The Bertz CT molecular complexity index is 998. The van der Waals surface area contributed by atoms with E-state index in [2.05, 4.69) is 9.98 Å². The molecule has 1 fully saturated rings. The topological polar surface area (TPSA) is 85.7 Å². The molecule has 0 amide bonds. The van der Waals surface area contributed by atoms with Crippen molar-refractivity contribution in [2.24, 2.45) is 10.9 Å². The lowest BCUT2D eigenvalue weighted by molar-refractivity contribution is -0.121. The molecule has 0 N–H and O–H groups in total. The summed E-state index contributed by atoms with van der Waals surface area (Å²) in [4.78, 5) is 19.5. The molecule has 0 bridgehead atoms. The number of thiazole rings is 1. The molecule has 1 aromatic carbocycles. The Morgan fingerprint density at radius 3 is 2.74 bits per heavy atom. The highest BCUT2D eigenvalue weighted by Gasteiger charge is 2.55. The molecule has 1 aliphatic heterocycles. The van der Waals surface area contributed by atoms with Crippen LogP contribution in [0.5, 0.6) is 0 Å². The smallest absolute Gasteiger partial charge is 0.208 e. The van der Waals surface area contributed by atoms with Gasteiger partial charge in [0.1, 0.15) is 18.1 Å². The molecule has 2 aromatic rings. The zero-order valence-corrected chi connectivity index (χ0v) is 16.1. The summed E-state index contributed by atoms with van der Waals surface area (Å²) in [5, 5.41) is 1.86. The number of carbonyl (C=O) groups is 1. The van der Waals surface area contributed by atoms with Crippen molar-refractivity contribution in [2.45, 2.75) is 35.6 Å². The number of hydrogen-bond acceptors (Lipinski definition) is 7. The molecule has 8 heteroatoms. The number of aromatic nitrogens is 1. The van der Waals surface area contributed by atoms with Crippen molar-refractivity contribution in [1.82, 2.24) is 4.98 Å². The van der Waals surface area contributed by atoms with E-state index in [1.54, 1.807) is 23.7 Å². The van der Waals surface area contributed by atoms with Gasteiger partial charge < -0.3 is 4.74 Å². The number of nitrogens with zero attached hydrogens (tertiary/aromatic N) is 2. The van der Waals surface area contributed by atoms with Crippen LogP contribution in [0.2, 0.25) is 0 Å². The summed E-state index contributed by atoms with van der Waals surface area (Å²) in [6.45, 7) is 0.224. The van der Waals surface area contributed by atoms with Gasteiger partial charge in [0, 0.05) is 17.9 Å². The number of aliphatic imine (C=N–C) groups is 1. The zero-order valence-electron chi connectivity index (χ0n) is 14.4. The molecule has 140 valence electrons. The maximum absolute atomic E-state index is 13.5. The lowest BCUT2D eigenvalue weighted by Crippen LogP contribution is -2.43. The van der Waals surface area contributed by atoms with Gasteiger partial charge in [0.05, 0.1) is 28.2 Å². The first-order valence-corrected chi connectivity index (χ1v) is 11.1. The Labute approximate surface area is 161 Å². The molecule has 2 aliphatic rings. The van der Waals surface area contributed by atoms with Crippen LogP contribution in [0.4, 0.5) is 0 Å². The van der Waals surface area contributed by atoms with Crippen molar-refractivity contribution in [1.29, 1.82) is 0 Å². The summed E-state index contributed by atoms with van der Waals surface area (Å²) in [6.07, 6.45) is 4.47. The van der Waals surface area contributed by atoms with E-state index < -0.39 is 20.6 Å². The third-order valence-corrected chi connectivity index (χ3v) is 7.80. The summed E-state index contributed by atoms with van der Waals surface area (Å²) in [5.41, 5.74) is 2.46. The molecular formula is C19H18N2O4S2. The highest BCUT2D eigenvalue weighted by molar-refractivity contribution is 7.93. The Hall–Kier alpha value is -2.32. The summed E-state index contributed by atoms with van der Waals surface area (Å²) in [6, 6.07) is 8.16. The van der Waals surface area contributed by atoms with E-state index in [9.17, 15) is 13.2 Å². The molecule has 2 atom stereocenters. The number of Topliss-reactive ketones (excluding diaryl/α,β-unsaturated/α-hetero) is 1. The number of benzene rings is 1. The average Bonchev–Trinajstić information content (AvgIpc) is 3.42. The number of allylic oxidation sites excluding steroid dienone is 1. The van der Waals surface area contributed by atoms with Crippen molar-refractivity contribution < 1.29 is 17.9 Å². The fourth-order valence-electron chi connectivity index (χ4n) is 3.55. The minimum atomic E-state index is -3.91. The van der Waals surface area contributed by atoms with E-state index >= 15 is 0 Å². The fraction of sp³-hybridized carbons (Fsp3) is 0.316. The normalized spacial score (nSPS) is 25.0. The van der Waals surface area contributed by atoms with Crippen LogP contribution < -0.4 is 0 Å². The minimum Gasteiger partial charge on any atom is -0.486 e. The van der Waals surface area contributed by atoms with E-state index in [0.717, 1.165) is 5.69 Å². The first kappa shape index (κ1) is 18.1. The van der Waals surface area contributed by atoms with Gasteiger partial charge in [-0.05, 0) is 25.0 Å². The molecule has 4 rings (SSSR count). The van der Waals surface area contributed by atoms with Crippen molar-refractivity contribution >= 4 is 33.2 Å². The van der Waals surface area contributed by atoms with Crippen molar-refractivity contribution in [3.63, 3.8) is 0 Å². The van der Waals surface area contributed by atoms with Crippen LogP contribution in [0.25, 0.3) is 0 Å². The van der Waals surface area contributed by atoms with Crippen LogP contribution in [0.15, 0.2) is 62.9 Å². The molecule has 0 radical (unpaired) electrons. The molecule has 1 aromatic heterocycles. The predicted molar refractivity (Wildman–Crippen MR) is 102 cm³/mol. The van der Waals surface area contributed by atoms with E-state index in [0.29, 0.717) is 25.0 Å². The van der Waals surface area contributed by atoms with Gasteiger partial charge in [0.15, 0.2) is 4.87 Å². The highest BCUT2D eigenvalue weighted by atomic mass is 32.2. The molecule has 1 aliphatic carbocycles. The summed E-state index contributed by atoms with van der Waals surface area (Å²) >= 11 is 1.46. The van der Waals surface area contributed by atoms with Gasteiger partial charge in [-0.1, -0.05) is 18.2 Å². The lowest BCUT2D eigenvalue weighted by Gasteiger charge is -2.29. The highest BCUT2D eigenvalue weighted by Crippen LogP contribution is 2.44. The molecule has 2 heterocycles. The van der Waals surface area contributed by atoms with Crippen molar-refractivity contribution in [3.05, 3.63) is 58.8 Å². The third-order valence-electron chi connectivity index (χ3n) is 4.90. The maximum atomic E-state index is 13.5. The van der Waals surface area contributed by atoms with Gasteiger partial charge >= 0.3 is 0 Å². The van der Waals surface area contributed by atoms with Gasteiger partial charge in [-0.15, -0.1) is 11.3 Å². The number of ketones is 1. The van der Waals surface area contributed by atoms with E-state index in [1.807, 2.05) is 5.38 Å². The van der Waals surface area contributed by atoms with Gasteiger partial charge in [-0.2, -0.15) is 0 Å². The maximum Gasteiger partial charge on any atom is 0.208 e. The first-order chi connectivity index (χ1) is 13.0. The largest absolute Gasteiger partial charge is 0.486 e. The number of hydrogen-bond donors (Lipinski definition) is 0. The lowest BCUT2D eigenvalue weighted by atomic mass is 9.97. The van der Waals surface area contributed by atoms with E-state index in [-0.39, 0.29) is 17.3 Å². The quantitative estimate of drug-likeness (QED) is 0.741. The number of sulfone groups is 1. The van der Waals surface area contributed by atoms with Crippen LogP contribution in [0.3, 0.4) is 0 Å². The van der Waals surface area contributed by atoms with Crippen molar-refractivity contribution in [2.75, 3.05) is 0 Å². The second-order valence-electron chi connectivity index (χ2n) is 6.55. The molecular weight excluding hydrogens is 384 g/mol. The average molecular weight is 402 g/mol. The van der Waals surface area contributed by atoms with E-state index in [1.165, 1.54) is 35.8 Å². The van der Waals surface area contributed by atoms with Gasteiger partial charge in [0.2, 0.25) is 9.84 Å². The molecule has 0 saturated heterocycles. The molecule has 2 unspecified atom stereocenters. The SMILES string of the molecule is O=C1CCCC1C1(S(=O)(=O)c2ccccc2)C=C(OCc2cscn2)C=N1. The summed E-state index contributed by atoms with van der Waals surface area (Å²) < 4.78 is 32.7. The fourth-order valence-corrected chi connectivity index (χ4v) is 6.08. The van der Waals surface area contributed by atoms with Crippen LogP contribution in [0.1, 0.15) is 25.0 Å². The van der Waals surface area contributed by atoms with Gasteiger partial charge in [-0.25, -0.2) is 13.4 Å². The number of rotatable bonds is 6. The predicted octanol–water partition coefficient (Wildman–Crippen LogP) is 3.17.